The van der Waals surface area contributed by atoms with Crippen molar-refractivity contribution < 1.29 is 4.79 Å². The molecule has 23 heavy (non-hydrogen) atoms. The number of hydrogen-bond acceptors (Lipinski definition) is 2. The van der Waals surface area contributed by atoms with Crippen LogP contribution >= 0.6 is 24.0 Å². The molecule has 0 bridgehead atoms. The number of nitrogens with zero attached hydrogens (tertiary/aromatic N) is 1. The molecule has 1 aliphatic carbocycles. The van der Waals surface area contributed by atoms with Crippen LogP contribution in [0, 0.1) is 0 Å². The Morgan fingerprint density at radius 2 is 2.00 bits per heavy atom. The SMILES string of the molecule is CCNC(=O)c1cccc(CNC(=NC)NC2CC=CC2)c1.I. The van der Waals surface area contributed by atoms with Crippen molar-refractivity contribution in [2.24, 2.45) is 4.99 Å². The Balaban J connectivity index is 0.00000264. The Kier molecular flexibility index (Phi) is 8.68. The molecular weight excluding hydrogens is 403 g/mol. The minimum atomic E-state index is -0.0381. The molecule has 0 fully saturated rings. The van der Waals surface area contributed by atoms with Crippen molar-refractivity contribution in [3.63, 3.8) is 0 Å². The normalized spacial score (nSPS) is 14.3. The molecule has 0 saturated heterocycles. The highest BCUT2D eigenvalue weighted by molar-refractivity contribution is 14.0. The first kappa shape index (κ1) is 19.5. The fraction of sp³-hybridized carbons (Fsp3) is 0.412. The van der Waals surface area contributed by atoms with Gasteiger partial charge in [-0.05, 0) is 37.5 Å². The quantitative estimate of drug-likeness (QED) is 0.292. The van der Waals surface area contributed by atoms with E-state index in [-0.39, 0.29) is 29.9 Å². The lowest BCUT2D eigenvalue weighted by Crippen LogP contribution is -2.42. The van der Waals surface area contributed by atoms with Gasteiger partial charge in [-0.15, -0.1) is 24.0 Å². The zero-order valence-electron chi connectivity index (χ0n) is 13.6. The summed E-state index contributed by atoms with van der Waals surface area (Å²) in [6.07, 6.45) is 6.43. The summed E-state index contributed by atoms with van der Waals surface area (Å²) < 4.78 is 0. The van der Waals surface area contributed by atoms with Gasteiger partial charge in [-0.3, -0.25) is 9.79 Å². The molecule has 0 heterocycles. The molecule has 0 aliphatic heterocycles. The predicted molar refractivity (Wildman–Crippen MR) is 105 cm³/mol. The van der Waals surface area contributed by atoms with Crippen molar-refractivity contribution in [3.05, 3.63) is 47.5 Å². The molecule has 0 radical (unpaired) electrons. The zero-order valence-corrected chi connectivity index (χ0v) is 16.0. The Hall–Kier alpha value is -1.57. The number of rotatable bonds is 5. The number of guanidine groups is 1. The molecule has 1 amide bonds. The van der Waals surface area contributed by atoms with Gasteiger partial charge >= 0.3 is 0 Å². The summed E-state index contributed by atoms with van der Waals surface area (Å²) in [6, 6.07) is 8.06. The molecule has 1 aromatic rings. The van der Waals surface area contributed by atoms with Gasteiger partial charge < -0.3 is 16.0 Å². The summed E-state index contributed by atoms with van der Waals surface area (Å²) in [7, 11) is 1.77. The third kappa shape index (κ3) is 6.21. The minimum Gasteiger partial charge on any atom is -0.353 e. The molecular formula is C17H25IN4O. The molecule has 5 nitrogen and oxygen atoms in total. The van der Waals surface area contributed by atoms with Crippen molar-refractivity contribution in [1.82, 2.24) is 16.0 Å². The van der Waals surface area contributed by atoms with Crippen LogP contribution in [-0.2, 0) is 6.54 Å². The number of aliphatic imine (C=N–C) groups is 1. The highest BCUT2D eigenvalue weighted by Crippen LogP contribution is 2.09. The van der Waals surface area contributed by atoms with Crippen LogP contribution in [0.25, 0.3) is 0 Å². The van der Waals surface area contributed by atoms with Gasteiger partial charge in [-0.25, -0.2) is 0 Å². The number of hydrogen-bond donors (Lipinski definition) is 3. The smallest absolute Gasteiger partial charge is 0.251 e. The molecule has 1 aromatic carbocycles. The molecule has 0 aromatic heterocycles. The summed E-state index contributed by atoms with van der Waals surface area (Å²) in [6.45, 7) is 3.18. The second-order valence-corrected chi connectivity index (χ2v) is 5.27. The third-order valence-corrected chi connectivity index (χ3v) is 3.56. The van der Waals surface area contributed by atoms with Crippen molar-refractivity contribution in [2.75, 3.05) is 13.6 Å². The summed E-state index contributed by atoms with van der Waals surface area (Å²) in [4.78, 5) is 16.1. The van der Waals surface area contributed by atoms with E-state index < -0.39 is 0 Å². The average Bonchev–Trinajstić information content (AvgIpc) is 3.05. The van der Waals surface area contributed by atoms with Gasteiger partial charge in [-0.1, -0.05) is 24.3 Å². The fourth-order valence-electron chi connectivity index (χ4n) is 2.39. The van der Waals surface area contributed by atoms with Crippen LogP contribution in [0.4, 0.5) is 0 Å². The largest absolute Gasteiger partial charge is 0.353 e. The van der Waals surface area contributed by atoms with Gasteiger partial charge in [0.05, 0.1) is 0 Å². The van der Waals surface area contributed by atoms with Gasteiger partial charge in [-0.2, -0.15) is 0 Å². The van der Waals surface area contributed by atoms with Crippen LogP contribution in [0.3, 0.4) is 0 Å². The van der Waals surface area contributed by atoms with Crippen LogP contribution in [0.2, 0.25) is 0 Å². The Morgan fingerprint density at radius 1 is 1.26 bits per heavy atom. The number of nitrogens with one attached hydrogen (secondary N) is 3. The lowest BCUT2D eigenvalue weighted by molar-refractivity contribution is 0.0955. The Bertz CT molecular complexity index is 563. The van der Waals surface area contributed by atoms with E-state index in [1.807, 2.05) is 31.2 Å². The minimum absolute atomic E-state index is 0. The summed E-state index contributed by atoms with van der Waals surface area (Å²) >= 11 is 0. The molecule has 3 N–H and O–H groups in total. The summed E-state index contributed by atoms with van der Waals surface area (Å²) in [5.41, 5.74) is 1.74. The van der Waals surface area contributed by atoms with E-state index in [1.165, 1.54) is 0 Å². The number of carbonyl (C=O) groups excluding carboxylic acids is 1. The van der Waals surface area contributed by atoms with Crippen LogP contribution in [-0.4, -0.2) is 31.5 Å². The Labute approximate surface area is 155 Å². The van der Waals surface area contributed by atoms with Crippen molar-refractivity contribution in [3.8, 4) is 0 Å². The maximum absolute atomic E-state index is 11.8. The number of amides is 1. The van der Waals surface area contributed by atoms with E-state index in [2.05, 4.69) is 33.1 Å². The van der Waals surface area contributed by atoms with Crippen LogP contribution < -0.4 is 16.0 Å². The molecule has 126 valence electrons. The number of halogens is 1. The maximum Gasteiger partial charge on any atom is 0.251 e. The lowest BCUT2D eigenvalue weighted by atomic mass is 10.1. The number of benzene rings is 1. The molecule has 1 aliphatic rings. The lowest BCUT2D eigenvalue weighted by Gasteiger charge is -2.17. The molecule has 0 unspecified atom stereocenters. The molecule has 0 atom stereocenters. The average molecular weight is 428 g/mol. The highest BCUT2D eigenvalue weighted by Gasteiger charge is 2.11. The van der Waals surface area contributed by atoms with E-state index in [4.69, 9.17) is 0 Å². The van der Waals surface area contributed by atoms with Crippen LogP contribution in [0.15, 0.2) is 41.4 Å². The van der Waals surface area contributed by atoms with E-state index >= 15 is 0 Å². The third-order valence-electron chi connectivity index (χ3n) is 3.56. The second-order valence-electron chi connectivity index (χ2n) is 5.27. The molecule has 6 heteroatoms. The van der Waals surface area contributed by atoms with Crippen molar-refractivity contribution in [1.29, 1.82) is 0 Å². The van der Waals surface area contributed by atoms with Crippen LogP contribution in [0.1, 0.15) is 35.7 Å². The number of carbonyl (C=O) groups is 1. The van der Waals surface area contributed by atoms with Gasteiger partial charge in [0.25, 0.3) is 5.91 Å². The highest BCUT2D eigenvalue weighted by atomic mass is 127. The second kappa shape index (κ2) is 10.3. The Morgan fingerprint density at radius 3 is 2.65 bits per heavy atom. The molecule has 0 saturated carbocycles. The van der Waals surface area contributed by atoms with Gasteiger partial charge in [0.1, 0.15) is 0 Å². The van der Waals surface area contributed by atoms with Crippen LogP contribution in [0.5, 0.6) is 0 Å². The van der Waals surface area contributed by atoms with E-state index in [1.54, 1.807) is 7.05 Å². The predicted octanol–water partition coefficient (Wildman–Crippen LogP) is 2.44. The van der Waals surface area contributed by atoms with E-state index in [9.17, 15) is 4.79 Å². The van der Waals surface area contributed by atoms with Gasteiger partial charge in [0.15, 0.2) is 5.96 Å². The maximum atomic E-state index is 11.8. The zero-order chi connectivity index (χ0) is 15.8. The molecule has 2 rings (SSSR count). The van der Waals surface area contributed by atoms with Gasteiger partial charge in [0.2, 0.25) is 0 Å². The topological polar surface area (TPSA) is 65.5 Å². The first-order chi connectivity index (χ1) is 10.7. The van der Waals surface area contributed by atoms with Crippen molar-refractivity contribution >= 4 is 35.8 Å². The first-order valence-electron chi connectivity index (χ1n) is 7.72. The standard InChI is InChI=1S/C17H24N4O.HI/c1-3-19-16(22)14-8-6-7-13(11-14)12-20-17(18-2)21-15-9-4-5-10-15;/h4-8,11,15H,3,9-10,12H2,1-2H3,(H,19,22)(H2,18,20,21);1H. The fourth-order valence-corrected chi connectivity index (χ4v) is 2.39. The molecule has 0 spiro atoms. The van der Waals surface area contributed by atoms with E-state index in [0.29, 0.717) is 24.7 Å². The first-order valence-corrected chi connectivity index (χ1v) is 7.72. The monoisotopic (exact) mass is 428 g/mol. The van der Waals surface area contributed by atoms with E-state index in [0.717, 1.165) is 24.4 Å². The van der Waals surface area contributed by atoms with Crippen molar-refractivity contribution in [2.45, 2.75) is 32.4 Å². The summed E-state index contributed by atoms with van der Waals surface area (Å²) in [5, 5.41) is 9.49. The van der Waals surface area contributed by atoms with Gasteiger partial charge in [0, 0.05) is 31.7 Å². The summed E-state index contributed by atoms with van der Waals surface area (Å²) in [5.74, 6) is 0.751.